The Kier molecular flexibility index (Phi) is 3.50. The Bertz CT molecular complexity index is 363. The second-order valence-electron chi connectivity index (χ2n) is 2.55. The average molecular weight is 176 g/mol. The first-order valence-corrected chi connectivity index (χ1v) is 4.83. The smallest absolute Gasteiger partial charge is 0.0693 e. The lowest BCUT2D eigenvalue weighted by Gasteiger charge is -1.98. The molecule has 70 valence electrons. The van der Waals surface area contributed by atoms with Gasteiger partial charge in [0, 0.05) is 12.4 Å². The van der Waals surface area contributed by atoms with Crippen LogP contribution in [0.4, 0.5) is 0 Å². The van der Waals surface area contributed by atoms with Crippen molar-refractivity contribution in [2.24, 2.45) is 0 Å². The quantitative estimate of drug-likeness (QED) is 0.653. The summed E-state index contributed by atoms with van der Waals surface area (Å²) in [6, 6.07) is 6.20. The van der Waals surface area contributed by atoms with Crippen molar-refractivity contribution < 1.29 is 0 Å². The van der Waals surface area contributed by atoms with Crippen molar-refractivity contribution in [3.05, 3.63) is 36.2 Å². The molecular formula is C11H16N2. The van der Waals surface area contributed by atoms with Gasteiger partial charge in [-0.2, -0.15) is 5.10 Å². The summed E-state index contributed by atoms with van der Waals surface area (Å²) in [5, 5.41) is 4.14. The number of nitrogens with zero attached hydrogens (tertiary/aromatic N) is 2. The summed E-state index contributed by atoms with van der Waals surface area (Å²) in [5.41, 5.74) is 2.57. The Labute approximate surface area is 79.2 Å². The average Bonchev–Trinajstić information content (AvgIpc) is 2.68. The van der Waals surface area contributed by atoms with Crippen LogP contribution in [0.15, 0.2) is 30.6 Å². The maximum absolute atomic E-state index is 4.14. The monoisotopic (exact) mass is 176 g/mol. The Morgan fingerprint density at radius 3 is 2.77 bits per heavy atom. The Hall–Kier alpha value is -1.31. The highest BCUT2D eigenvalue weighted by atomic mass is 15.2. The molecule has 13 heavy (non-hydrogen) atoms. The molecule has 0 unspecified atom stereocenters. The molecule has 2 rings (SSSR count). The molecule has 2 aromatic rings. The third-order valence-corrected chi connectivity index (χ3v) is 1.90. The van der Waals surface area contributed by atoms with Crippen molar-refractivity contribution >= 4 is 5.52 Å². The number of fused-ring (bicyclic) bond motifs is 1. The topological polar surface area (TPSA) is 17.3 Å². The summed E-state index contributed by atoms with van der Waals surface area (Å²) in [5.74, 6) is 0. The maximum Gasteiger partial charge on any atom is 0.0693 e. The highest BCUT2D eigenvalue weighted by Crippen LogP contribution is 2.09. The minimum atomic E-state index is 1.07. The molecular weight excluding hydrogens is 160 g/mol. The molecule has 0 saturated carbocycles. The molecule has 0 N–H and O–H groups in total. The largest absolute Gasteiger partial charge is 0.241 e. The molecule has 0 spiro atoms. The van der Waals surface area contributed by atoms with Crippen molar-refractivity contribution in [2.45, 2.75) is 27.2 Å². The molecule has 0 aliphatic carbocycles. The summed E-state index contributed by atoms with van der Waals surface area (Å²) < 4.78 is 1.90. The van der Waals surface area contributed by atoms with E-state index in [-0.39, 0.29) is 0 Å². The van der Waals surface area contributed by atoms with Crippen LogP contribution in [0, 0.1) is 0 Å². The lowest BCUT2D eigenvalue weighted by Crippen LogP contribution is -1.89. The standard InChI is InChI=1S/C9H10N2.C2H6/c1-2-8-4-3-7-11-9(8)5-6-10-11;1-2/h3-7H,2H2,1H3;1-2H3. The molecule has 0 fully saturated rings. The normalized spacial score (nSPS) is 9.46. The lowest BCUT2D eigenvalue weighted by molar-refractivity contribution is 0.947. The Morgan fingerprint density at radius 1 is 1.31 bits per heavy atom. The van der Waals surface area contributed by atoms with E-state index in [0.29, 0.717) is 0 Å². The summed E-state index contributed by atoms with van der Waals surface area (Å²) in [7, 11) is 0. The van der Waals surface area contributed by atoms with Gasteiger partial charge in [-0.05, 0) is 24.1 Å². The molecule has 2 heterocycles. The van der Waals surface area contributed by atoms with Gasteiger partial charge in [0.15, 0.2) is 0 Å². The lowest BCUT2D eigenvalue weighted by atomic mass is 10.2. The minimum absolute atomic E-state index is 1.07. The van der Waals surface area contributed by atoms with E-state index in [2.05, 4.69) is 18.1 Å². The third-order valence-electron chi connectivity index (χ3n) is 1.90. The van der Waals surface area contributed by atoms with Crippen molar-refractivity contribution in [3.8, 4) is 0 Å². The first kappa shape index (κ1) is 9.78. The van der Waals surface area contributed by atoms with E-state index in [9.17, 15) is 0 Å². The van der Waals surface area contributed by atoms with Crippen LogP contribution in [0.25, 0.3) is 5.52 Å². The highest BCUT2D eigenvalue weighted by molar-refractivity contribution is 5.53. The minimum Gasteiger partial charge on any atom is -0.241 e. The van der Waals surface area contributed by atoms with Crippen molar-refractivity contribution in [2.75, 3.05) is 0 Å². The van der Waals surface area contributed by atoms with Gasteiger partial charge in [0.05, 0.1) is 5.52 Å². The van der Waals surface area contributed by atoms with Gasteiger partial charge in [0.1, 0.15) is 0 Å². The Balaban J connectivity index is 0.000000396. The van der Waals surface area contributed by atoms with Crippen LogP contribution in [0.1, 0.15) is 26.3 Å². The molecule has 0 saturated heterocycles. The van der Waals surface area contributed by atoms with Gasteiger partial charge >= 0.3 is 0 Å². The van der Waals surface area contributed by atoms with E-state index in [0.717, 1.165) is 6.42 Å². The van der Waals surface area contributed by atoms with Crippen LogP contribution in [-0.2, 0) is 6.42 Å². The zero-order valence-electron chi connectivity index (χ0n) is 8.49. The fourth-order valence-electron chi connectivity index (χ4n) is 1.31. The summed E-state index contributed by atoms with van der Waals surface area (Å²) in [6.45, 7) is 6.16. The van der Waals surface area contributed by atoms with E-state index in [4.69, 9.17) is 0 Å². The summed E-state index contributed by atoms with van der Waals surface area (Å²) in [4.78, 5) is 0. The SMILES string of the molecule is CC.CCc1cccn2nccc12. The van der Waals surface area contributed by atoms with E-state index >= 15 is 0 Å². The molecule has 0 aliphatic heterocycles. The van der Waals surface area contributed by atoms with E-state index in [1.165, 1.54) is 11.1 Å². The van der Waals surface area contributed by atoms with E-state index < -0.39 is 0 Å². The first-order chi connectivity index (χ1) is 6.42. The second-order valence-corrected chi connectivity index (χ2v) is 2.55. The number of aryl methyl sites for hydroxylation is 1. The molecule has 0 atom stereocenters. The highest BCUT2D eigenvalue weighted by Gasteiger charge is 1.96. The fourth-order valence-corrected chi connectivity index (χ4v) is 1.31. The van der Waals surface area contributed by atoms with Crippen LogP contribution in [0.2, 0.25) is 0 Å². The van der Waals surface area contributed by atoms with E-state index in [1.54, 1.807) is 0 Å². The molecule has 0 radical (unpaired) electrons. The maximum atomic E-state index is 4.14. The van der Waals surface area contributed by atoms with Gasteiger partial charge in [-0.15, -0.1) is 0 Å². The van der Waals surface area contributed by atoms with Crippen LogP contribution in [0.5, 0.6) is 0 Å². The molecule has 0 aromatic carbocycles. The van der Waals surface area contributed by atoms with Gasteiger partial charge in [0.2, 0.25) is 0 Å². The number of hydrogen-bond donors (Lipinski definition) is 0. The van der Waals surface area contributed by atoms with Crippen molar-refractivity contribution in [3.63, 3.8) is 0 Å². The molecule has 0 amide bonds. The van der Waals surface area contributed by atoms with Crippen LogP contribution < -0.4 is 0 Å². The van der Waals surface area contributed by atoms with Crippen molar-refractivity contribution in [1.82, 2.24) is 9.61 Å². The molecule has 0 bridgehead atoms. The third kappa shape index (κ3) is 1.89. The van der Waals surface area contributed by atoms with Crippen molar-refractivity contribution in [1.29, 1.82) is 0 Å². The predicted molar refractivity (Wildman–Crippen MR) is 55.9 cm³/mol. The molecule has 2 nitrogen and oxygen atoms in total. The number of rotatable bonds is 1. The van der Waals surface area contributed by atoms with E-state index in [1.807, 2.05) is 42.9 Å². The van der Waals surface area contributed by atoms with Gasteiger partial charge in [-0.25, -0.2) is 4.52 Å². The number of hydrogen-bond acceptors (Lipinski definition) is 1. The van der Waals surface area contributed by atoms with Gasteiger partial charge in [0.25, 0.3) is 0 Å². The summed E-state index contributed by atoms with van der Waals surface area (Å²) >= 11 is 0. The van der Waals surface area contributed by atoms with Gasteiger partial charge in [-0.3, -0.25) is 0 Å². The van der Waals surface area contributed by atoms with Crippen LogP contribution in [0.3, 0.4) is 0 Å². The first-order valence-electron chi connectivity index (χ1n) is 4.83. The fraction of sp³-hybridized carbons (Fsp3) is 0.364. The summed E-state index contributed by atoms with van der Waals surface area (Å²) in [6.07, 6.45) is 4.86. The molecule has 0 aliphatic rings. The van der Waals surface area contributed by atoms with Crippen LogP contribution in [-0.4, -0.2) is 9.61 Å². The number of aromatic nitrogens is 2. The zero-order valence-corrected chi connectivity index (χ0v) is 8.49. The Morgan fingerprint density at radius 2 is 2.08 bits per heavy atom. The van der Waals surface area contributed by atoms with Gasteiger partial charge in [-0.1, -0.05) is 26.8 Å². The van der Waals surface area contributed by atoms with Gasteiger partial charge < -0.3 is 0 Å². The van der Waals surface area contributed by atoms with Crippen LogP contribution >= 0.6 is 0 Å². The molecule has 2 heteroatoms. The predicted octanol–water partition coefficient (Wildman–Crippen LogP) is 2.92. The molecule has 2 aromatic heterocycles. The second kappa shape index (κ2) is 4.65. The number of pyridine rings is 1. The zero-order chi connectivity index (χ0) is 9.68.